The van der Waals surface area contributed by atoms with Crippen LogP contribution in [0.15, 0.2) is 41.6 Å². The van der Waals surface area contributed by atoms with Crippen LogP contribution >= 0.6 is 35.0 Å². The minimum atomic E-state index is -0.840. The summed E-state index contributed by atoms with van der Waals surface area (Å²) in [6.07, 6.45) is 0. The van der Waals surface area contributed by atoms with Crippen LogP contribution < -0.4 is 5.32 Å². The second-order valence-electron chi connectivity index (χ2n) is 12.1. The Morgan fingerprint density at radius 2 is 1.75 bits per heavy atom. The molecule has 13 heteroatoms. The first-order valence-electron chi connectivity index (χ1n) is 14.2. The number of hydrogen-bond acceptors (Lipinski definition) is 8. The number of anilines is 1. The van der Waals surface area contributed by atoms with E-state index in [1.54, 1.807) is 18.2 Å². The molecule has 1 aliphatic rings. The van der Waals surface area contributed by atoms with E-state index in [1.807, 2.05) is 44.0 Å². The summed E-state index contributed by atoms with van der Waals surface area (Å²) in [4.78, 5) is 29.3. The number of rotatable bonds is 8. The van der Waals surface area contributed by atoms with E-state index in [9.17, 15) is 9.59 Å². The first-order valence-corrected chi connectivity index (χ1v) is 15.9. The van der Waals surface area contributed by atoms with Gasteiger partial charge in [0.15, 0.2) is 0 Å². The van der Waals surface area contributed by atoms with Gasteiger partial charge in [0.1, 0.15) is 12.2 Å². The zero-order chi connectivity index (χ0) is 32.1. The number of tetrazole rings is 1. The van der Waals surface area contributed by atoms with Crippen LogP contribution in [-0.2, 0) is 19.7 Å². The van der Waals surface area contributed by atoms with Gasteiger partial charge in [0.05, 0.1) is 27.2 Å². The van der Waals surface area contributed by atoms with Gasteiger partial charge in [-0.15, -0.1) is 5.10 Å². The molecule has 1 N–H and O–H groups in total. The molecule has 0 saturated carbocycles. The van der Waals surface area contributed by atoms with Crippen molar-refractivity contribution in [1.29, 1.82) is 0 Å². The van der Waals surface area contributed by atoms with Gasteiger partial charge in [0.25, 0.3) is 0 Å². The fourth-order valence-electron chi connectivity index (χ4n) is 4.22. The van der Waals surface area contributed by atoms with Gasteiger partial charge in [-0.25, -0.2) is 0 Å². The Bertz CT molecular complexity index is 1570. The van der Waals surface area contributed by atoms with Gasteiger partial charge >= 0.3 is 0 Å². The van der Waals surface area contributed by atoms with Gasteiger partial charge in [-0.1, -0.05) is 73.6 Å². The van der Waals surface area contributed by atoms with E-state index in [-0.39, 0.29) is 29.6 Å². The van der Waals surface area contributed by atoms with Crippen molar-refractivity contribution in [3.63, 3.8) is 0 Å². The molecule has 2 heterocycles. The van der Waals surface area contributed by atoms with Crippen molar-refractivity contribution >= 4 is 52.5 Å². The third-order valence-electron chi connectivity index (χ3n) is 6.98. The van der Waals surface area contributed by atoms with E-state index >= 15 is 0 Å². The minimum Gasteiger partial charge on any atom is -0.353 e. The summed E-state index contributed by atoms with van der Waals surface area (Å²) < 4.78 is 7.34. The fourth-order valence-corrected chi connectivity index (χ4v) is 5.40. The maximum atomic E-state index is 12.8. The van der Waals surface area contributed by atoms with Crippen LogP contribution in [0.5, 0.6) is 0 Å². The maximum Gasteiger partial charge on any atom is 0.248 e. The number of carbonyl (C=O) groups excluding carboxylic acids is 2. The number of halogens is 2. The van der Waals surface area contributed by atoms with E-state index < -0.39 is 5.60 Å². The second-order valence-corrected chi connectivity index (χ2v) is 13.8. The van der Waals surface area contributed by atoms with Gasteiger partial charge in [-0.05, 0) is 72.6 Å². The number of ether oxygens (including phenoxy) is 1. The summed E-state index contributed by atoms with van der Waals surface area (Å²) in [6.45, 7) is 13.0. The molecule has 2 aromatic carbocycles. The Hall–Kier alpha value is -3.14. The number of likely N-dealkylation sites (N-methyl/N-ethyl adjacent to an activating group) is 1. The lowest BCUT2D eigenvalue weighted by atomic mass is 9.87. The minimum absolute atomic E-state index is 0.0297. The molecule has 0 atom stereocenters. The number of hydrogen-bond donors (Lipinski definition) is 1. The summed E-state index contributed by atoms with van der Waals surface area (Å²) in [7, 11) is 2.04. The number of nitrogens with one attached hydrogen (secondary N) is 1. The molecular formula is C31H37Cl2N7O3S. The summed E-state index contributed by atoms with van der Waals surface area (Å²) in [5.74, 6) is 5.85. The molecule has 0 radical (unpaired) electrons. The number of aromatic nitrogens is 4. The number of amides is 2. The first kappa shape index (κ1) is 33.7. The summed E-state index contributed by atoms with van der Waals surface area (Å²) in [6, 6.07) is 10.9. The van der Waals surface area contributed by atoms with Gasteiger partial charge in [0, 0.05) is 31.7 Å². The SMILES string of the molecule is CN1CCN(C(=O)COC(C)(C)C#Cc2ccc(NC(=O)CSc3nnnn3-c3ccc(C(C)(C)C)cc3Cl)c(Cl)c2)CC1. The second kappa shape index (κ2) is 14.3. The molecule has 0 bridgehead atoms. The van der Waals surface area contributed by atoms with Crippen LogP contribution in [0, 0.1) is 11.8 Å². The van der Waals surface area contributed by atoms with Gasteiger partial charge in [0.2, 0.25) is 17.0 Å². The Labute approximate surface area is 272 Å². The molecule has 44 heavy (non-hydrogen) atoms. The van der Waals surface area contributed by atoms with Crippen molar-refractivity contribution in [1.82, 2.24) is 30.0 Å². The van der Waals surface area contributed by atoms with Crippen molar-refractivity contribution in [2.24, 2.45) is 0 Å². The highest BCUT2D eigenvalue weighted by Gasteiger charge is 2.23. The standard InChI is InChI=1S/C31H37Cl2N7O3S/c1-30(2,3)22-8-10-26(24(33)18-22)40-29(35-36-37-40)44-20-27(41)34-25-9-7-21(17-23(25)32)11-12-31(4,5)43-19-28(42)39-15-13-38(6)14-16-39/h7-10,17-18H,13-16,19-20H2,1-6H3,(H,34,41). The maximum absolute atomic E-state index is 12.8. The van der Waals surface area contributed by atoms with Gasteiger partial charge < -0.3 is 19.9 Å². The molecule has 4 rings (SSSR count). The average molecular weight is 659 g/mol. The lowest BCUT2D eigenvalue weighted by Gasteiger charge is -2.33. The molecule has 1 fully saturated rings. The van der Waals surface area contributed by atoms with Crippen LogP contribution in [0.25, 0.3) is 5.69 Å². The fraction of sp³-hybridized carbons (Fsp3) is 0.452. The van der Waals surface area contributed by atoms with Crippen LogP contribution in [-0.4, -0.2) is 93.0 Å². The van der Waals surface area contributed by atoms with Crippen molar-refractivity contribution in [2.45, 2.75) is 50.8 Å². The van der Waals surface area contributed by atoms with Crippen LogP contribution in [0.3, 0.4) is 0 Å². The number of nitrogens with zero attached hydrogens (tertiary/aromatic N) is 6. The molecule has 0 spiro atoms. The lowest BCUT2D eigenvalue weighted by Crippen LogP contribution is -2.48. The molecule has 1 saturated heterocycles. The largest absolute Gasteiger partial charge is 0.353 e. The van der Waals surface area contributed by atoms with Crippen molar-refractivity contribution < 1.29 is 14.3 Å². The Kier molecular flexibility index (Phi) is 11.0. The Balaban J connectivity index is 1.31. The molecular weight excluding hydrogens is 621 g/mol. The highest BCUT2D eigenvalue weighted by molar-refractivity contribution is 7.99. The van der Waals surface area contributed by atoms with Crippen LogP contribution in [0.1, 0.15) is 45.7 Å². The first-order chi connectivity index (χ1) is 20.7. The quantitative estimate of drug-likeness (QED) is 0.269. The van der Waals surface area contributed by atoms with Crippen molar-refractivity contribution in [2.75, 3.05) is 50.9 Å². The topological polar surface area (TPSA) is 105 Å². The number of carbonyl (C=O) groups is 2. The third-order valence-corrected chi connectivity index (χ3v) is 8.51. The smallest absolute Gasteiger partial charge is 0.248 e. The summed E-state index contributed by atoms with van der Waals surface area (Å²) in [5, 5.41) is 16.0. The molecule has 1 aliphatic heterocycles. The Morgan fingerprint density at radius 1 is 1.02 bits per heavy atom. The molecule has 1 aromatic heterocycles. The number of piperazine rings is 1. The summed E-state index contributed by atoms with van der Waals surface area (Å²) >= 11 is 14.2. The molecule has 0 aliphatic carbocycles. The van der Waals surface area contributed by atoms with Crippen molar-refractivity contribution in [3.8, 4) is 17.5 Å². The van der Waals surface area contributed by atoms with E-state index in [2.05, 4.69) is 58.4 Å². The normalized spacial score (nSPS) is 14.2. The molecule has 234 valence electrons. The summed E-state index contributed by atoms with van der Waals surface area (Å²) in [5.41, 5.74) is 1.93. The number of benzene rings is 2. The van der Waals surface area contributed by atoms with Gasteiger partial charge in [-0.2, -0.15) is 4.68 Å². The number of thioether (sulfide) groups is 1. The molecule has 10 nitrogen and oxygen atoms in total. The van der Waals surface area contributed by atoms with Crippen LogP contribution in [0.4, 0.5) is 5.69 Å². The molecule has 0 unspecified atom stereocenters. The van der Waals surface area contributed by atoms with E-state index in [1.165, 1.54) is 16.4 Å². The van der Waals surface area contributed by atoms with Gasteiger partial charge in [-0.3, -0.25) is 9.59 Å². The average Bonchev–Trinajstić information content (AvgIpc) is 3.43. The highest BCUT2D eigenvalue weighted by atomic mass is 35.5. The van der Waals surface area contributed by atoms with Crippen molar-refractivity contribution in [3.05, 3.63) is 57.6 Å². The zero-order valence-electron chi connectivity index (χ0n) is 25.8. The van der Waals surface area contributed by atoms with Crippen LogP contribution in [0.2, 0.25) is 10.0 Å². The zero-order valence-corrected chi connectivity index (χ0v) is 28.1. The van der Waals surface area contributed by atoms with E-state index in [0.717, 1.165) is 18.7 Å². The molecule has 2 amide bonds. The predicted molar refractivity (Wildman–Crippen MR) is 175 cm³/mol. The van der Waals surface area contributed by atoms with E-state index in [0.29, 0.717) is 45.2 Å². The third kappa shape index (κ3) is 9.19. The van der Waals surface area contributed by atoms with E-state index in [4.69, 9.17) is 27.9 Å². The Morgan fingerprint density at radius 3 is 2.41 bits per heavy atom. The highest BCUT2D eigenvalue weighted by Crippen LogP contribution is 2.30. The monoisotopic (exact) mass is 657 g/mol. The predicted octanol–water partition coefficient (Wildman–Crippen LogP) is 4.92. The lowest BCUT2D eigenvalue weighted by molar-refractivity contribution is -0.141. The molecule has 3 aromatic rings.